The molecule has 0 aromatic heterocycles. The Balaban J connectivity index is 3.87. The molecule has 84 valence electrons. The lowest BCUT2D eigenvalue weighted by Gasteiger charge is -2.19. The van der Waals surface area contributed by atoms with E-state index in [1.165, 1.54) is 0 Å². The average Bonchev–Trinajstić information content (AvgIpc) is 2.03. The van der Waals surface area contributed by atoms with Crippen molar-refractivity contribution in [1.29, 1.82) is 0 Å². The van der Waals surface area contributed by atoms with Crippen LogP contribution in [0.5, 0.6) is 0 Å². The highest BCUT2D eigenvalue weighted by atomic mass is 16.6. The first-order valence-electron chi connectivity index (χ1n) is 4.07. The van der Waals surface area contributed by atoms with E-state index in [4.69, 9.17) is 34.4 Å². The lowest BCUT2D eigenvalue weighted by atomic mass is 10.2. The molecule has 2 atom stereocenters. The molecule has 8 nitrogen and oxygen atoms in total. The largest absolute Gasteiger partial charge is 0.444 e. The smallest absolute Gasteiger partial charge is 0.309 e. The van der Waals surface area contributed by atoms with E-state index in [1.807, 2.05) is 0 Å². The number of carbonyl (C=O) groups is 1. The van der Waals surface area contributed by atoms with Gasteiger partial charge in [0.1, 0.15) is 6.17 Å². The van der Waals surface area contributed by atoms with Crippen molar-refractivity contribution in [2.24, 2.45) is 34.4 Å². The van der Waals surface area contributed by atoms with E-state index in [9.17, 15) is 4.79 Å². The summed E-state index contributed by atoms with van der Waals surface area (Å²) in [5, 5.41) is 0. The van der Waals surface area contributed by atoms with Gasteiger partial charge in [-0.3, -0.25) is 10.5 Å². The van der Waals surface area contributed by atoms with Crippen LogP contribution >= 0.6 is 0 Å². The van der Waals surface area contributed by atoms with Gasteiger partial charge in [-0.2, -0.15) is 0 Å². The topological polar surface area (TPSA) is 182 Å². The molecule has 0 bridgehead atoms. The zero-order chi connectivity index (χ0) is 11.3. The van der Waals surface area contributed by atoms with Gasteiger partial charge in [0.15, 0.2) is 6.23 Å². The molecule has 0 radical (unpaired) electrons. The molecule has 0 aromatic carbocycles. The molecule has 0 rings (SSSR count). The second-order valence-corrected chi connectivity index (χ2v) is 2.98. The van der Waals surface area contributed by atoms with Gasteiger partial charge >= 0.3 is 5.97 Å². The Labute approximate surface area is 81.9 Å². The molecule has 0 heterocycles. The normalized spacial score (nSPS) is 15.7. The molecule has 0 spiro atoms. The van der Waals surface area contributed by atoms with E-state index in [0.29, 0.717) is 0 Å². The molecule has 2 unspecified atom stereocenters. The van der Waals surface area contributed by atoms with Crippen molar-refractivity contribution in [1.82, 2.24) is 0 Å². The van der Waals surface area contributed by atoms with Crippen LogP contribution in [0.25, 0.3) is 0 Å². The zero-order valence-electron chi connectivity index (χ0n) is 7.80. The fraction of sp³-hybridized carbons (Fsp3) is 0.833. The molecule has 0 aliphatic heterocycles. The van der Waals surface area contributed by atoms with Crippen LogP contribution in [-0.4, -0.2) is 30.6 Å². The lowest BCUT2D eigenvalue weighted by Crippen LogP contribution is -2.52. The highest BCUT2D eigenvalue weighted by Crippen LogP contribution is 1.95. The van der Waals surface area contributed by atoms with Gasteiger partial charge < -0.3 is 33.4 Å². The highest BCUT2D eigenvalue weighted by Gasteiger charge is 2.18. The van der Waals surface area contributed by atoms with Crippen molar-refractivity contribution in [2.75, 3.05) is 0 Å². The second kappa shape index (κ2) is 5.86. The second-order valence-electron chi connectivity index (χ2n) is 2.98. The predicted octanol–water partition coefficient (Wildman–Crippen LogP) is -3.98. The van der Waals surface area contributed by atoms with E-state index in [-0.39, 0.29) is 6.42 Å². The highest BCUT2D eigenvalue weighted by molar-refractivity contribution is 5.70. The first-order valence-corrected chi connectivity index (χ1v) is 4.07. The van der Waals surface area contributed by atoms with Crippen LogP contribution in [0.3, 0.4) is 0 Å². The Kier molecular flexibility index (Phi) is 5.53. The van der Waals surface area contributed by atoms with Gasteiger partial charge in [0.2, 0.25) is 0 Å². The molecular weight excluding hydrogens is 188 g/mol. The molecule has 0 saturated heterocycles. The van der Waals surface area contributed by atoms with Crippen molar-refractivity contribution in [3.05, 3.63) is 0 Å². The van der Waals surface area contributed by atoms with Crippen molar-refractivity contribution >= 4 is 5.97 Å². The number of nitrogens with two attached hydrogens (primary N) is 6. The lowest BCUT2D eigenvalue weighted by molar-refractivity contribution is -0.150. The summed E-state index contributed by atoms with van der Waals surface area (Å²) in [6.45, 7) is 0. The van der Waals surface area contributed by atoms with Crippen LogP contribution in [0.4, 0.5) is 0 Å². The summed E-state index contributed by atoms with van der Waals surface area (Å²) < 4.78 is 4.63. The molecule has 0 aliphatic rings. The summed E-state index contributed by atoms with van der Waals surface area (Å²) in [5.74, 6) is -0.633. The molecule has 14 heavy (non-hydrogen) atoms. The van der Waals surface area contributed by atoms with Gasteiger partial charge in [-0.1, -0.05) is 0 Å². The third-order valence-electron chi connectivity index (χ3n) is 1.54. The first kappa shape index (κ1) is 13.2. The van der Waals surface area contributed by atoms with Gasteiger partial charge in [-0.25, -0.2) is 0 Å². The third-order valence-corrected chi connectivity index (χ3v) is 1.54. The fourth-order valence-corrected chi connectivity index (χ4v) is 0.607. The minimum Gasteiger partial charge on any atom is -0.444 e. The van der Waals surface area contributed by atoms with E-state index in [1.54, 1.807) is 0 Å². The molecular formula is C6H18N6O2. The molecule has 0 aromatic rings. The van der Waals surface area contributed by atoms with Crippen molar-refractivity contribution in [2.45, 2.75) is 31.0 Å². The number of hydrogen-bond acceptors (Lipinski definition) is 8. The van der Waals surface area contributed by atoms with Gasteiger partial charge in [-0.05, 0) is 0 Å². The van der Waals surface area contributed by atoms with Crippen molar-refractivity contribution < 1.29 is 9.53 Å². The molecule has 0 amide bonds. The summed E-state index contributed by atoms with van der Waals surface area (Å²) in [7, 11) is 0. The van der Waals surface area contributed by atoms with Gasteiger partial charge in [0.25, 0.3) is 0 Å². The number of rotatable bonds is 5. The molecule has 0 saturated carbocycles. The molecule has 0 aliphatic carbocycles. The minimum absolute atomic E-state index is 0.127. The molecule has 8 heteroatoms. The molecule has 12 N–H and O–H groups in total. The average molecular weight is 206 g/mol. The Morgan fingerprint density at radius 3 is 1.86 bits per heavy atom. The van der Waals surface area contributed by atoms with Gasteiger partial charge in [0.05, 0.1) is 12.6 Å². The molecule has 0 fully saturated rings. The number of ether oxygens (including phenoxy) is 1. The summed E-state index contributed by atoms with van der Waals surface area (Å²) in [6.07, 6.45) is -2.89. The monoisotopic (exact) mass is 206 g/mol. The van der Waals surface area contributed by atoms with Crippen LogP contribution < -0.4 is 34.4 Å². The van der Waals surface area contributed by atoms with E-state index in [0.717, 1.165) is 0 Å². The Hall–Kier alpha value is -0.770. The van der Waals surface area contributed by atoms with E-state index >= 15 is 0 Å². The summed E-state index contributed by atoms with van der Waals surface area (Å²) >= 11 is 0. The van der Waals surface area contributed by atoms with Gasteiger partial charge in [-0.15, -0.1) is 0 Å². The number of hydrogen-bond donors (Lipinski definition) is 6. The van der Waals surface area contributed by atoms with Crippen molar-refractivity contribution in [3.63, 3.8) is 0 Å². The Bertz CT molecular complexity index is 167. The maximum absolute atomic E-state index is 11.1. The van der Waals surface area contributed by atoms with E-state index in [2.05, 4.69) is 4.74 Å². The van der Waals surface area contributed by atoms with Crippen molar-refractivity contribution in [3.8, 4) is 0 Å². The van der Waals surface area contributed by atoms with Crippen LogP contribution in [0.15, 0.2) is 0 Å². The minimum atomic E-state index is -1.05. The quantitative estimate of drug-likeness (QED) is 0.194. The third kappa shape index (κ3) is 5.07. The maximum atomic E-state index is 11.1. The maximum Gasteiger partial charge on any atom is 0.309 e. The zero-order valence-corrected chi connectivity index (χ0v) is 7.80. The standard InChI is InChI=1S/C6H18N6O2/c7-2(4(8)9)1-3(13)14-6(12)5(10)11/h2,4-6H,1,7-12H2. The van der Waals surface area contributed by atoms with Crippen LogP contribution in [0.1, 0.15) is 6.42 Å². The summed E-state index contributed by atoms with van der Waals surface area (Å²) in [5.41, 5.74) is 31.5. The Morgan fingerprint density at radius 1 is 1.00 bits per heavy atom. The SMILES string of the molecule is NC(N)C(N)CC(=O)OC(N)C(N)N. The summed E-state index contributed by atoms with van der Waals surface area (Å²) in [4.78, 5) is 11.1. The van der Waals surface area contributed by atoms with Crippen LogP contribution in [0.2, 0.25) is 0 Å². The summed E-state index contributed by atoms with van der Waals surface area (Å²) in [6, 6.07) is -0.677. The Morgan fingerprint density at radius 2 is 1.50 bits per heavy atom. The predicted molar refractivity (Wildman–Crippen MR) is 51.0 cm³/mol. The number of esters is 1. The van der Waals surface area contributed by atoms with Crippen LogP contribution in [-0.2, 0) is 9.53 Å². The van der Waals surface area contributed by atoms with Crippen LogP contribution in [0, 0.1) is 0 Å². The van der Waals surface area contributed by atoms with Gasteiger partial charge in [0, 0.05) is 6.04 Å². The number of carbonyl (C=O) groups excluding carboxylic acids is 1. The van der Waals surface area contributed by atoms with E-state index < -0.39 is 30.6 Å². The first-order chi connectivity index (χ1) is 6.34. The fourth-order valence-electron chi connectivity index (χ4n) is 0.607.